The van der Waals surface area contributed by atoms with Gasteiger partial charge in [0.2, 0.25) is 0 Å². The molecule has 6 nitrogen and oxygen atoms in total. The Hall–Kier alpha value is -2.68. The van der Waals surface area contributed by atoms with E-state index >= 15 is 0 Å². The van der Waals surface area contributed by atoms with Crippen LogP contribution < -0.4 is 10.1 Å². The van der Waals surface area contributed by atoms with E-state index in [1.165, 1.54) is 4.90 Å². The molecule has 0 aliphatic carbocycles. The molecule has 0 heterocycles. The molecule has 0 bridgehead atoms. The van der Waals surface area contributed by atoms with Gasteiger partial charge in [0.15, 0.2) is 6.61 Å². The summed E-state index contributed by atoms with van der Waals surface area (Å²) >= 11 is 0. The summed E-state index contributed by atoms with van der Waals surface area (Å²) in [7, 11) is 0. The lowest BCUT2D eigenvalue weighted by atomic mass is 10.3. The lowest BCUT2D eigenvalue weighted by Crippen LogP contribution is -2.35. The summed E-state index contributed by atoms with van der Waals surface area (Å²) in [6.45, 7) is 2.10. The monoisotopic (exact) mass is 276 g/mol. The number of carbonyl (C=O) groups is 2. The summed E-state index contributed by atoms with van der Waals surface area (Å²) < 4.78 is 5.03. The Bertz CT molecular complexity index is 522. The molecule has 0 fully saturated rings. The molecule has 0 atom stereocenters. The number of nitrogens with zero attached hydrogens (tertiary/aromatic N) is 1. The number of rotatable bonds is 6. The topological polar surface area (TPSA) is 78.9 Å². The number of anilines is 1. The van der Waals surface area contributed by atoms with Crippen molar-refractivity contribution in [3.8, 4) is 18.1 Å². The molecule has 0 aliphatic heterocycles. The van der Waals surface area contributed by atoms with Crippen LogP contribution in [0.4, 0.5) is 10.5 Å². The predicted octanol–water partition coefficient (Wildman–Crippen LogP) is 1.64. The Labute approximate surface area is 117 Å². The normalized spacial score (nSPS) is 9.40. The first-order valence-electron chi connectivity index (χ1n) is 6.00. The fourth-order valence-corrected chi connectivity index (χ4v) is 1.45. The van der Waals surface area contributed by atoms with E-state index in [1.807, 2.05) is 6.92 Å². The van der Waals surface area contributed by atoms with E-state index in [1.54, 1.807) is 24.3 Å². The van der Waals surface area contributed by atoms with Crippen molar-refractivity contribution < 1.29 is 19.4 Å². The average molecular weight is 276 g/mol. The van der Waals surface area contributed by atoms with E-state index in [4.69, 9.17) is 16.3 Å². The first-order chi connectivity index (χ1) is 9.56. The molecular weight excluding hydrogens is 260 g/mol. The highest BCUT2D eigenvalue weighted by molar-refractivity contribution is 5.89. The summed E-state index contributed by atoms with van der Waals surface area (Å²) in [6, 6.07) is 6.17. The maximum atomic E-state index is 11.9. The maximum absolute atomic E-state index is 11.9. The van der Waals surface area contributed by atoms with Crippen LogP contribution in [0, 0.1) is 12.3 Å². The van der Waals surface area contributed by atoms with E-state index < -0.39 is 12.6 Å². The van der Waals surface area contributed by atoms with Crippen LogP contribution in [-0.2, 0) is 4.79 Å². The number of amides is 2. The molecular formula is C14H16N2O4. The number of terminal acetylenes is 1. The van der Waals surface area contributed by atoms with Gasteiger partial charge < -0.3 is 20.1 Å². The van der Waals surface area contributed by atoms with Gasteiger partial charge in [0.05, 0.1) is 6.54 Å². The Morgan fingerprint density at radius 3 is 2.85 bits per heavy atom. The smallest absolute Gasteiger partial charge is 0.341 e. The molecule has 0 saturated heterocycles. The standard InChI is InChI=1S/C14H16N2O4/c1-3-8-16(4-2)14(19)15-11-6-5-7-12(9-11)20-10-13(17)18/h1,5-7,9H,4,8,10H2,2H3,(H,15,19)(H,17,18). The number of urea groups is 1. The van der Waals surface area contributed by atoms with Crippen LogP contribution in [0.15, 0.2) is 24.3 Å². The first kappa shape index (κ1) is 15.4. The molecule has 0 unspecified atom stereocenters. The minimum absolute atomic E-state index is 0.220. The first-order valence-corrected chi connectivity index (χ1v) is 6.00. The summed E-state index contributed by atoms with van der Waals surface area (Å²) in [5, 5.41) is 11.2. The quantitative estimate of drug-likeness (QED) is 0.774. The zero-order valence-corrected chi connectivity index (χ0v) is 11.1. The number of ether oxygens (including phenoxy) is 1. The second-order valence-electron chi connectivity index (χ2n) is 3.86. The van der Waals surface area contributed by atoms with Gasteiger partial charge in [-0.05, 0) is 19.1 Å². The lowest BCUT2D eigenvalue weighted by Gasteiger charge is -2.18. The van der Waals surface area contributed by atoms with Crippen molar-refractivity contribution in [2.24, 2.45) is 0 Å². The number of benzene rings is 1. The van der Waals surface area contributed by atoms with Crippen molar-refractivity contribution in [1.82, 2.24) is 4.90 Å². The maximum Gasteiger partial charge on any atom is 0.341 e. The molecule has 1 aromatic rings. The van der Waals surface area contributed by atoms with Crippen LogP contribution in [0.2, 0.25) is 0 Å². The Kier molecular flexibility index (Phi) is 5.91. The minimum atomic E-state index is -1.06. The summed E-state index contributed by atoms with van der Waals surface area (Å²) in [5.74, 6) is 1.71. The lowest BCUT2D eigenvalue weighted by molar-refractivity contribution is -0.139. The van der Waals surface area contributed by atoms with Gasteiger partial charge in [0.1, 0.15) is 5.75 Å². The van der Waals surface area contributed by atoms with Gasteiger partial charge in [-0.3, -0.25) is 0 Å². The number of hydrogen-bond donors (Lipinski definition) is 2. The Morgan fingerprint density at radius 1 is 1.50 bits per heavy atom. The van der Waals surface area contributed by atoms with Gasteiger partial charge in [0.25, 0.3) is 0 Å². The molecule has 0 radical (unpaired) electrons. The highest BCUT2D eigenvalue weighted by atomic mass is 16.5. The van der Waals surface area contributed by atoms with Crippen molar-refractivity contribution in [3.63, 3.8) is 0 Å². The van der Waals surface area contributed by atoms with Crippen molar-refractivity contribution in [2.75, 3.05) is 25.0 Å². The molecule has 1 aromatic carbocycles. The zero-order valence-electron chi connectivity index (χ0n) is 11.1. The van der Waals surface area contributed by atoms with Crippen LogP contribution >= 0.6 is 0 Å². The Morgan fingerprint density at radius 2 is 2.25 bits per heavy atom. The summed E-state index contributed by atoms with van der Waals surface area (Å²) in [6.07, 6.45) is 5.18. The largest absolute Gasteiger partial charge is 0.482 e. The average Bonchev–Trinajstić information content (AvgIpc) is 2.42. The molecule has 106 valence electrons. The molecule has 0 aromatic heterocycles. The highest BCUT2D eigenvalue weighted by Gasteiger charge is 2.10. The molecule has 20 heavy (non-hydrogen) atoms. The van der Waals surface area contributed by atoms with Gasteiger partial charge in [0, 0.05) is 18.3 Å². The van der Waals surface area contributed by atoms with Crippen LogP contribution in [0.5, 0.6) is 5.75 Å². The Balaban J connectivity index is 2.68. The fourth-order valence-electron chi connectivity index (χ4n) is 1.45. The van der Waals surface area contributed by atoms with Crippen molar-refractivity contribution in [3.05, 3.63) is 24.3 Å². The van der Waals surface area contributed by atoms with Crippen LogP contribution in [0.3, 0.4) is 0 Å². The van der Waals surface area contributed by atoms with Crippen molar-refractivity contribution >= 4 is 17.7 Å². The number of carboxylic acids is 1. The molecule has 1 rings (SSSR count). The number of carbonyl (C=O) groups excluding carboxylic acids is 1. The number of hydrogen-bond acceptors (Lipinski definition) is 3. The van der Waals surface area contributed by atoms with Gasteiger partial charge in [-0.25, -0.2) is 9.59 Å². The van der Waals surface area contributed by atoms with E-state index in [0.29, 0.717) is 18.0 Å². The van der Waals surface area contributed by atoms with Crippen LogP contribution in [-0.4, -0.2) is 41.7 Å². The number of aliphatic carboxylic acids is 1. The number of nitrogens with one attached hydrogen (secondary N) is 1. The fraction of sp³-hybridized carbons (Fsp3) is 0.286. The molecule has 0 saturated carbocycles. The van der Waals surface area contributed by atoms with Gasteiger partial charge in [-0.1, -0.05) is 12.0 Å². The highest BCUT2D eigenvalue weighted by Crippen LogP contribution is 2.17. The van der Waals surface area contributed by atoms with E-state index in [9.17, 15) is 9.59 Å². The molecule has 6 heteroatoms. The second kappa shape index (κ2) is 7.69. The third kappa shape index (κ3) is 4.90. The minimum Gasteiger partial charge on any atom is -0.482 e. The SMILES string of the molecule is C#CCN(CC)C(=O)Nc1cccc(OCC(=O)O)c1. The van der Waals surface area contributed by atoms with E-state index in [0.717, 1.165) is 0 Å². The molecule has 2 amide bonds. The van der Waals surface area contributed by atoms with Crippen LogP contribution in [0.25, 0.3) is 0 Å². The summed E-state index contributed by atoms with van der Waals surface area (Å²) in [4.78, 5) is 23.8. The van der Waals surface area contributed by atoms with Crippen molar-refractivity contribution in [1.29, 1.82) is 0 Å². The van der Waals surface area contributed by atoms with Gasteiger partial charge in [-0.15, -0.1) is 6.42 Å². The third-order valence-corrected chi connectivity index (χ3v) is 2.40. The summed E-state index contributed by atoms with van der Waals surface area (Å²) in [5.41, 5.74) is 0.508. The van der Waals surface area contributed by atoms with E-state index in [-0.39, 0.29) is 12.6 Å². The molecule has 0 aliphatic rings. The van der Waals surface area contributed by atoms with Crippen LogP contribution in [0.1, 0.15) is 6.92 Å². The number of carboxylic acid groups (broad SMARTS) is 1. The van der Waals surface area contributed by atoms with Crippen molar-refractivity contribution in [2.45, 2.75) is 6.92 Å². The predicted molar refractivity (Wildman–Crippen MR) is 74.7 cm³/mol. The zero-order chi connectivity index (χ0) is 15.0. The van der Waals surface area contributed by atoms with E-state index in [2.05, 4.69) is 11.2 Å². The van der Waals surface area contributed by atoms with Gasteiger partial charge >= 0.3 is 12.0 Å². The molecule has 0 spiro atoms. The third-order valence-electron chi connectivity index (χ3n) is 2.40. The van der Waals surface area contributed by atoms with Gasteiger partial charge in [-0.2, -0.15) is 0 Å². The second-order valence-corrected chi connectivity index (χ2v) is 3.86. The molecule has 2 N–H and O–H groups in total.